The van der Waals surface area contributed by atoms with Crippen LogP contribution in [-0.2, 0) is 0 Å². The Morgan fingerprint density at radius 2 is 2.16 bits per heavy atom. The second-order valence-corrected chi connectivity index (χ2v) is 7.15. The molecular formula is C20H16N2O3. The molecule has 0 saturated heterocycles. The fourth-order valence-electron chi connectivity index (χ4n) is 4.79. The normalized spacial score (nSPS) is 29.6. The Morgan fingerprint density at radius 3 is 2.84 bits per heavy atom. The molecule has 5 nitrogen and oxygen atoms in total. The number of para-hydroxylation sites is 1. The highest BCUT2D eigenvalue weighted by atomic mass is 16.5. The van der Waals surface area contributed by atoms with E-state index in [2.05, 4.69) is 18.2 Å². The molecule has 3 atom stereocenters. The van der Waals surface area contributed by atoms with Gasteiger partial charge in [-0.25, -0.2) is 4.79 Å². The summed E-state index contributed by atoms with van der Waals surface area (Å²) in [7, 11) is 0. The number of rotatable bonds is 1. The smallest absolute Gasteiger partial charge is 0.343 e. The van der Waals surface area contributed by atoms with Gasteiger partial charge in [0.25, 0.3) is 0 Å². The Kier molecular flexibility index (Phi) is 2.73. The van der Waals surface area contributed by atoms with E-state index < -0.39 is 11.5 Å². The first-order valence-corrected chi connectivity index (χ1v) is 8.46. The minimum absolute atomic E-state index is 0.0916. The Bertz CT molecular complexity index is 1070. The van der Waals surface area contributed by atoms with Crippen molar-refractivity contribution in [2.45, 2.75) is 25.2 Å². The van der Waals surface area contributed by atoms with Gasteiger partial charge in [-0.2, -0.15) is 5.26 Å². The van der Waals surface area contributed by atoms with Gasteiger partial charge in [0.2, 0.25) is 5.88 Å². The summed E-state index contributed by atoms with van der Waals surface area (Å²) in [4.78, 5) is 12.8. The molecule has 2 heterocycles. The lowest BCUT2D eigenvalue weighted by Crippen LogP contribution is -2.34. The largest absolute Gasteiger partial charge is 0.439 e. The first-order chi connectivity index (χ1) is 12.1. The maximum absolute atomic E-state index is 12.8. The average molecular weight is 332 g/mol. The molecule has 5 rings (SSSR count). The summed E-state index contributed by atoms with van der Waals surface area (Å²) in [5, 5.41) is 10.4. The summed E-state index contributed by atoms with van der Waals surface area (Å²) >= 11 is 0. The maximum atomic E-state index is 12.8. The zero-order valence-electron chi connectivity index (χ0n) is 13.5. The van der Waals surface area contributed by atoms with Crippen LogP contribution in [0.5, 0.6) is 5.75 Å². The van der Waals surface area contributed by atoms with Gasteiger partial charge in [0.05, 0.1) is 16.5 Å². The fraction of sp³-hybridized carbons (Fsp3) is 0.300. The molecular weight excluding hydrogens is 316 g/mol. The van der Waals surface area contributed by atoms with E-state index in [1.807, 2.05) is 12.1 Å². The van der Waals surface area contributed by atoms with Crippen LogP contribution in [0.4, 0.5) is 0 Å². The van der Waals surface area contributed by atoms with Crippen LogP contribution in [0.1, 0.15) is 30.7 Å². The molecule has 124 valence electrons. The number of hydrogen-bond donors (Lipinski definition) is 1. The van der Waals surface area contributed by atoms with Crippen LogP contribution in [0.25, 0.3) is 11.0 Å². The molecule has 0 radical (unpaired) electrons. The molecule has 25 heavy (non-hydrogen) atoms. The predicted octanol–water partition coefficient (Wildman–Crippen LogP) is 3.32. The third-order valence-electron chi connectivity index (χ3n) is 5.87. The van der Waals surface area contributed by atoms with Gasteiger partial charge in [-0.1, -0.05) is 24.3 Å². The lowest BCUT2D eigenvalue weighted by molar-refractivity contribution is 0.299. The van der Waals surface area contributed by atoms with Crippen molar-refractivity contribution in [1.82, 2.24) is 0 Å². The molecule has 2 N–H and O–H groups in total. The van der Waals surface area contributed by atoms with Gasteiger partial charge in [-0.3, -0.25) is 0 Å². The van der Waals surface area contributed by atoms with Gasteiger partial charge >= 0.3 is 5.63 Å². The topological polar surface area (TPSA) is 89.3 Å². The molecule has 1 saturated carbocycles. The van der Waals surface area contributed by atoms with Gasteiger partial charge in [-0.05, 0) is 37.3 Å². The van der Waals surface area contributed by atoms with Crippen LogP contribution in [0.2, 0.25) is 0 Å². The van der Waals surface area contributed by atoms with Crippen LogP contribution in [0.15, 0.2) is 57.1 Å². The van der Waals surface area contributed by atoms with Crippen LogP contribution in [-0.4, -0.2) is 0 Å². The Balaban J connectivity index is 1.85. The molecule has 2 aromatic rings. The van der Waals surface area contributed by atoms with Gasteiger partial charge in [-0.15, -0.1) is 0 Å². The molecule has 1 fully saturated rings. The molecule has 1 aliphatic heterocycles. The number of nitrogens with two attached hydrogens (primary N) is 1. The summed E-state index contributed by atoms with van der Waals surface area (Å²) in [6.45, 7) is 0. The van der Waals surface area contributed by atoms with Crippen molar-refractivity contribution in [2.24, 2.45) is 17.1 Å². The first-order valence-electron chi connectivity index (χ1n) is 8.46. The molecule has 0 amide bonds. The van der Waals surface area contributed by atoms with Crippen molar-refractivity contribution < 1.29 is 9.15 Å². The second-order valence-electron chi connectivity index (χ2n) is 7.15. The third-order valence-corrected chi connectivity index (χ3v) is 5.87. The molecule has 0 spiro atoms. The minimum atomic E-state index is -0.447. The van der Waals surface area contributed by atoms with E-state index in [1.54, 1.807) is 12.1 Å². The summed E-state index contributed by atoms with van der Waals surface area (Å²) < 4.78 is 11.3. The number of nitrogens with zero attached hydrogens (tertiary/aromatic N) is 1. The number of ether oxygens (including phenoxy) is 1. The molecule has 2 aliphatic carbocycles. The molecule has 5 heteroatoms. The molecule has 0 unspecified atom stereocenters. The number of fused-ring (bicyclic) bond motifs is 5. The van der Waals surface area contributed by atoms with E-state index in [4.69, 9.17) is 14.9 Å². The lowest BCUT2D eigenvalue weighted by Gasteiger charge is -2.36. The number of hydrogen-bond acceptors (Lipinski definition) is 5. The SMILES string of the molecule is N#CC1=C(N)Oc2c(c(=O)oc3ccccc23)[C@H]1[C@@]12C=C[C@H](CC1)C2. The molecule has 1 aromatic heterocycles. The van der Waals surface area contributed by atoms with Crippen LogP contribution in [0, 0.1) is 22.7 Å². The highest BCUT2D eigenvalue weighted by molar-refractivity contribution is 5.85. The third kappa shape index (κ3) is 1.79. The monoisotopic (exact) mass is 332 g/mol. The summed E-state index contributed by atoms with van der Waals surface area (Å²) in [6, 6.07) is 9.43. The highest BCUT2D eigenvalue weighted by Gasteiger charge is 2.52. The van der Waals surface area contributed by atoms with Crippen molar-refractivity contribution >= 4 is 11.0 Å². The molecule has 1 aromatic carbocycles. The van der Waals surface area contributed by atoms with Crippen molar-refractivity contribution in [3.8, 4) is 11.8 Å². The Morgan fingerprint density at radius 1 is 1.32 bits per heavy atom. The van der Waals surface area contributed by atoms with Gasteiger partial charge < -0.3 is 14.9 Å². The van der Waals surface area contributed by atoms with E-state index in [0.717, 1.165) is 19.3 Å². The summed E-state index contributed by atoms with van der Waals surface area (Å²) in [6.07, 6.45) is 7.30. The van der Waals surface area contributed by atoms with Gasteiger partial charge in [0.15, 0.2) is 5.75 Å². The zero-order chi connectivity index (χ0) is 17.2. The van der Waals surface area contributed by atoms with Gasteiger partial charge in [0, 0.05) is 11.3 Å². The van der Waals surface area contributed by atoms with Gasteiger partial charge in [0.1, 0.15) is 11.7 Å². The maximum Gasteiger partial charge on any atom is 0.343 e. The van der Waals surface area contributed by atoms with Crippen LogP contribution >= 0.6 is 0 Å². The fourth-order valence-corrected chi connectivity index (χ4v) is 4.79. The summed E-state index contributed by atoms with van der Waals surface area (Å²) in [5.41, 5.74) is 6.63. The molecule has 3 aliphatic rings. The predicted molar refractivity (Wildman–Crippen MR) is 91.6 cm³/mol. The number of allylic oxidation sites excluding steroid dienone is 3. The zero-order valence-corrected chi connectivity index (χ0v) is 13.5. The Hall–Kier alpha value is -3.00. The van der Waals surface area contributed by atoms with Crippen molar-refractivity contribution in [1.29, 1.82) is 5.26 Å². The highest BCUT2D eigenvalue weighted by Crippen LogP contribution is 2.60. The number of nitriles is 1. The van der Waals surface area contributed by atoms with E-state index in [1.165, 1.54) is 0 Å². The van der Waals surface area contributed by atoms with Crippen LogP contribution in [0.3, 0.4) is 0 Å². The van der Waals surface area contributed by atoms with E-state index in [0.29, 0.717) is 33.8 Å². The molecule has 2 bridgehead atoms. The quantitative estimate of drug-likeness (QED) is 0.639. The van der Waals surface area contributed by atoms with E-state index in [9.17, 15) is 10.1 Å². The van der Waals surface area contributed by atoms with E-state index in [-0.39, 0.29) is 11.3 Å². The standard InChI is InChI=1S/C20H16N2O3/c21-10-13-16(20-7-5-11(9-20)6-8-20)15-17(25-18(13)22)12-3-1-2-4-14(12)24-19(15)23/h1-5,7,11,16H,6,8-9,22H2/t11-,16+,20+/m1/s1. The Labute approximate surface area is 144 Å². The average Bonchev–Trinajstić information content (AvgIpc) is 3.23. The van der Waals surface area contributed by atoms with E-state index >= 15 is 0 Å². The number of benzene rings is 1. The second kappa shape index (κ2) is 4.76. The lowest BCUT2D eigenvalue weighted by atomic mass is 9.67. The van der Waals surface area contributed by atoms with Crippen molar-refractivity contribution in [3.05, 3.63) is 63.9 Å². The van der Waals surface area contributed by atoms with Crippen molar-refractivity contribution in [3.63, 3.8) is 0 Å². The van der Waals surface area contributed by atoms with Crippen LogP contribution < -0.4 is 16.1 Å². The first kappa shape index (κ1) is 14.4. The van der Waals surface area contributed by atoms with Crippen molar-refractivity contribution in [2.75, 3.05) is 0 Å². The summed E-state index contributed by atoms with van der Waals surface area (Å²) in [5.74, 6) is 0.631. The minimum Gasteiger partial charge on any atom is -0.439 e.